The van der Waals surface area contributed by atoms with Crippen molar-refractivity contribution in [3.63, 3.8) is 0 Å². The average Bonchev–Trinajstić information content (AvgIpc) is 3.04. The second-order valence-corrected chi connectivity index (χ2v) is 7.19. The normalized spacial score (nSPS) is 19.3. The van der Waals surface area contributed by atoms with Crippen molar-refractivity contribution in [3.8, 4) is 5.75 Å². The van der Waals surface area contributed by atoms with Gasteiger partial charge in [0.25, 0.3) is 0 Å². The van der Waals surface area contributed by atoms with E-state index in [1.54, 1.807) is 13.0 Å². The van der Waals surface area contributed by atoms with Crippen molar-refractivity contribution in [1.82, 2.24) is 14.6 Å². The van der Waals surface area contributed by atoms with Gasteiger partial charge in [0.05, 0.1) is 23.5 Å². The number of aromatic nitrogens is 3. The number of aliphatic hydroxyl groups is 1. The molecule has 2 aromatic heterocycles. The number of aryl methyl sites for hydroxylation is 1. The summed E-state index contributed by atoms with van der Waals surface area (Å²) in [4.78, 5) is 15.7. The summed E-state index contributed by atoms with van der Waals surface area (Å²) in [6.07, 6.45) is 4.99. The number of rotatable bonds is 5. The number of fused-ring (bicyclic) bond motifs is 1. The number of hydrogen-bond acceptors (Lipinski definition) is 6. The van der Waals surface area contributed by atoms with E-state index in [0.717, 1.165) is 0 Å². The maximum Gasteiger partial charge on any atom is 0.337 e. The van der Waals surface area contributed by atoms with Gasteiger partial charge in [-0.05, 0) is 50.3 Å². The number of carboxylic acids is 1. The zero-order valence-electron chi connectivity index (χ0n) is 15.8. The fourth-order valence-corrected chi connectivity index (χ4v) is 3.63. The Morgan fingerprint density at radius 1 is 1.31 bits per heavy atom. The molecule has 1 aliphatic carbocycles. The van der Waals surface area contributed by atoms with Crippen molar-refractivity contribution >= 4 is 23.0 Å². The zero-order valence-corrected chi connectivity index (χ0v) is 15.8. The molecule has 1 aliphatic rings. The third kappa shape index (κ3) is 3.86. The smallest absolute Gasteiger partial charge is 0.337 e. The standard InChI is InChI=1S/C20H21FN4O4/c1-11-15(20(27)28)9-25-18(11)19(22-10-23-25)24-16-7-2-12(21)8-17(16)29-14-5-3-13(26)4-6-14/h2,7-10,13-14,26H,3-6H2,1H3,(H,27,28)(H,22,23,24). The molecule has 3 aromatic rings. The fourth-order valence-electron chi connectivity index (χ4n) is 3.63. The van der Waals surface area contributed by atoms with E-state index in [-0.39, 0.29) is 17.8 Å². The molecule has 9 heteroatoms. The van der Waals surface area contributed by atoms with Crippen LogP contribution in [0.5, 0.6) is 5.75 Å². The largest absolute Gasteiger partial charge is 0.488 e. The van der Waals surface area contributed by atoms with Crippen molar-refractivity contribution in [2.75, 3.05) is 5.32 Å². The maximum absolute atomic E-state index is 13.9. The topological polar surface area (TPSA) is 109 Å². The number of nitrogens with one attached hydrogen (secondary N) is 1. The third-order valence-corrected chi connectivity index (χ3v) is 5.19. The van der Waals surface area contributed by atoms with Gasteiger partial charge in [0.2, 0.25) is 0 Å². The first-order chi connectivity index (χ1) is 13.9. The van der Waals surface area contributed by atoms with Gasteiger partial charge in [-0.25, -0.2) is 18.7 Å². The Bertz CT molecular complexity index is 1060. The van der Waals surface area contributed by atoms with Gasteiger partial charge < -0.3 is 20.3 Å². The minimum Gasteiger partial charge on any atom is -0.488 e. The number of aliphatic hydroxyl groups excluding tert-OH is 1. The Hall–Kier alpha value is -3.20. The summed E-state index contributed by atoms with van der Waals surface area (Å²) in [6, 6.07) is 4.17. The highest BCUT2D eigenvalue weighted by molar-refractivity contribution is 5.94. The summed E-state index contributed by atoms with van der Waals surface area (Å²) >= 11 is 0. The Balaban J connectivity index is 1.67. The molecule has 3 N–H and O–H groups in total. The first-order valence-electron chi connectivity index (χ1n) is 9.40. The van der Waals surface area contributed by atoms with Crippen LogP contribution in [0.2, 0.25) is 0 Å². The third-order valence-electron chi connectivity index (χ3n) is 5.19. The van der Waals surface area contributed by atoms with Crippen LogP contribution in [0.3, 0.4) is 0 Å². The van der Waals surface area contributed by atoms with Gasteiger partial charge >= 0.3 is 5.97 Å². The van der Waals surface area contributed by atoms with Gasteiger partial charge in [0.1, 0.15) is 23.4 Å². The summed E-state index contributed by atoms with van der Waals surface area (Å²) in [7, 11) is 0. The number of carbonyl (C=O) groups is 1. The number of hydrogen-bond donors (Lipinski definition) is 3. The number of benzene rings is 1. The van der Waals surface area contributed by atoms with E-state index >= 15 is 0 Å². The van der Waals surface area contributed by atoms with Gasteiger partial charge in [0, 0.05) is 12.3 Å². The molecule has 0 unspecified atom stereocenters. The Kier molecular flexibility index (Phi) is 5.06. The Labute approximate surface area is 166 Å². The van der Waals surface area contributed by atoms with Gasteiger partial charge in [-0.2, -0.15) is 5.10 Å². The lowest BCUT2D eigenvalue weighted by Crippen LogP contribution is -2.26. The van der Waals surface area contributed by atoms with Crippen molar-refractivity contribution in [2.45, 2.75) is 44.8 Å². The van der Waals surface area contributed by atoms with Crippen LogP contribution in [0.25, 0.3) is 5.52 Å². The average molecular weight is 400 g/mol. The molecule has 0 radical (unpaired) electrons. The summed E-state index contributed by atoms with van der Waals surface area (Å²) in [5.74, 6) is -0.753. The molecule has 0 atom stereocenters. The Morgan fingerprint density at radius 2 is 2.07 bits per heavy atom. The molecule has 0 aliphatic heterocycles. The summed E-state index contributed by atoms with van der Waals surface area (Å²) in [6.45, 7) is 1.68. The highest BCUT2D eigenvalue weighted by Crippen LogP contribution is 2.33. The van der Waals surface area contributed by atoms with Crippen LogP contribution in [-0.2, 0) is 0 Å². The van der Waals surface area contributed by atoms with E-state index in [2.05, 4.69) is 15.4 Å². The highest BCUT2D eigenvalue weighted by atomic mass is 19.1. The van der Waals surface area contributed by atoms with Crippen molar-refractivity contribution < 1.29 is 24.1 Å². The lowest BCUT2D eigenvalue weighted by atomic mass is 9.95. The van der Waals surface area contributed by atoms with E-state index in [0.29, 0.717) is 54.0 Å². The number of ether oxygens (including phenoxy) is 1. The summed E-state index contributed by atoms with van der Waals surface area (Å²) in [5.41, 5.74) is 1.67. The van der Waals surface area contributed by atoms with Crippen LogP contribution >= 0.6 is 0 Å². The molecule has 0 amide bonds. The second-order valence-electron chi connectivity index (χ2n) is 7.19. The van der Waals surface area contributed by atoms with Crippen LogP contribution in [0, 0.1) is 12.7 Å². The molecule has 1 saturated carbocycles. The number of halogens is 1. The van der Waals surface area contributed by atoms with E-state index in [9.17, 15) is 19.4 Å². The molecule has 1 fully saturated rings. The molecule has 0 saturated heterocycles. The molecule has 29 heavy (non-hydrogen) atoms. The summed E-state index contributed by atoms with van der Waals surface area (Å²) < 4.78 is 21.3. The predicted molar refractivity (Wildman–Crippen MR) is 103 cm³/mol. The quantitative estimate of drug-likeness (QED) is 0.603. The van der Waals surface area contributed by atoms with Crippen LogP contribution in [0.15, 0.2) is 30.7 Å². The van der Waals surface area contributed by atoms with E-state index in [1.807, 2.05) is 0 Å². The first kappa shape index (κ1) is 19.1. The van der Waals surface area contributed by atoms with Gasteiger partial charge in [-0.3, -0.25) is 0 Å². The van der Waals surface area contributed by atoms with Crippen LogP contribution in [0.1, 0.15) is 41.6 Å². The molecule has 0 spiro atoms. The molecule has 8 nitrogen and oxygen atoms in total. The van der Waals surface area contributed by atoms with Crippen molar-refractivity contribution in [1.29, 1.82) is 0 Å². The van der Waals surface area contributed by atoms with E-state index < -0.39 is 11.8 Å². The fraction of sp³-hybridized carbons (Fsp3) is 0.350. The molecule has 4 rings (SSSR count). The molecule has 0 bridgehead atoms. The van der Waals surface area contributed by atoms with Crippen LogP contribution in [0.4, 0.5) is 15.9 Å². The van der Waals surface area contributed by atoms with E-state index in [1.165, 1.54) is 29.2 Å². The monoisotopic (exact) mass is 400 g/mol. The highest BCUT2D eigenvalue weighted by Gasteiger charge is 2.23. The molecular formula is C20H21FN4O4. The second kappa shape index (κ2) is 7.67. The van der Waals surface area contributed by atoms with Gasteiger partial charge in [0.15, 0.2) is 5.82 Å². The minimum atomic E-state index is -1.05. The molecule has 152 valence electrons. The molecule has 1 aromatic carbocycles. The number of carboxylic acid groups (broad SMARTS) is 1. The SMILES string of the molecule is Cc1c(C(=O)O)cn2ncnc(Nc3ccc(F)cc3OC3CCC(O)CC3)c12. The molecular weight excluding hydrogens is 379 g/mol. The minimum absolute atomic E-state index is 0.111. The summed E-state index contributed by atoms with van der Waals surface area (Å²) in [5, 5.41) is 26.2. The van der Waals surface area contributed by atoms with Crippen LogP contribution in [-0.4, -0.2) is 43.0 Å². The maximum atomic E-state index is 13.9. The van der Waals surface area contributed by atoms with Crippen LogP contribution < -0.4 is 10.1 Å². The first-order valence-corrected chi connectivity index (χ1v) is 9.40. The number of anilines is 2. The zero-order chi connectivity index (χ0) is 20.5. The van der Waals surface area contributed by atoms with Crippen molar-refractivity contribution in [2.24, 2.45) is 0 Å². The number of aromatic carboxylic acids is 1. The lowest BCUT2D eigenvalue weighted by molar-refractivity contribution is 0.0668. The van der Waals surface area contributed by atoms with Gasteiger partial charge in [-0.1, -0.05) is 0 Å². The number of nitrogens with zero attached hydrogens (tertiary/aromatic N) is 3. The molecule has 2 heterocycles. The Morgan fingerprint density at radius 3 is 2.79 bits per heavy atom. The van der Waals surface area contributed by atoms with Gasteiger partial charge in [-0.15, -0.1) is 0 Å². The van der Waals surface area contributed by atoms with E-state index in [4.69, 9.17) is 4.74 Å². The predicted octanol–water partition coefficient (Wildman–Crippen LogP) is 3.30. The van der Waals surface area contributed by atoms with Crippen molar-refractivity contribution in [3.05, 3.63) is 47.7 Å². The lowest BCUT2D eigenvalue weighted by Gasteiger charge is -2.27.